The minimum Gasteiger partial charge on any atom is -0.340 e. The third kappa shape index (κ3) is 2.68. The van der Waals surface area contributed by atoms with Gasteiger partial charge in [-0.15, -0.1) is 0 Å². The fourth-order valence-electron chi connectivity index (χ4n) is 1.35. The van der Waals surface area contributed by atoms with E-state index in [1.165, 1.54) is 11.2 Å². The van der Waals surface area contributed by atoms with Crippen molar-refractivity contribution in [1.29, 1.82) is 0 Å². The van der Waals surface area contributed by atoms with Crippen molar-refractivity contribution in [2.24, 2.45) is 0 Å². The Hall–Kier alpha value is -0.140. The maximum Gasteiger partial charge on any atom is 0.224 e. The summed E-state index contributed by atoms with van der Waals surface area (Å²) in [5.74, 6) is 0.000824. The number of piperazine rings is 1. The first-order valence-corrected chi connectivity index (χ1v) is 7.00. The number of rotatable bonds is 2. The fourth-order valence-corrected chi connectivity index (χ4v) is 3.08. The van der Waals surface area contributed by atoms with E-state index in [0.29, 0.717) is 26.2 Å². The summed E-state index contributed by atoms with van der Waals surface area (Å²) in [6.45, 7) is 3.26. The molecule has 1 aliphatic rings. The van der Waals surface area contributed by atoms with Crippen molar-refractivity contribution in [3.8, 4) is 0 Å². The van der Waals surface area contributed by atoms with Gasteiger partial charge in [0.05, 0.1) is 0 Å². The molecule has 0 spiro atoms. The summed E-state index contributed by atoms with van der Waals surface area (Å²) in [4.78, 5) is 12.6. The van der Waals surface area contributed by atoms with E-state index in [1.54, 1.807) is 4.90 Å². The molecule has 0 unspecified atom stereocenters. The molecule has 0 atom stereocenters. The second kappa shape index (κ2) is 4.59. The van der Waals surface area contributed by atoms with E-state index in [0.717, 1.165) is 0 Å². The SMILES string of the molecule is CC(=O)N1CCN(S(=O)(=O)CBr)CC1. The summed E-state index contributed by atoms with van der Waals surface area (Å²) in [5.41, 5.74) is 0. The van der Waals surface area contributed by atoms with Crippen molar-refractivity contribution in [2.45, 2.75) is 6.92 Å². The molecule has 0 aromatic carbocycles. The Labute approximate surface area is 92.2 Å². The Balaban J connectivity index is 2.56. The van der Waals surface area contributed by atoms with Gasteiger partial charge in [-0.2, -0.15) is 4.31 Å². The molecular weight excluding hydrogens is 272 g/mol. The van der Waals surface area contributed by atoms with Crippen molar-refractivity contribution in [3.63, 3.8) is 0 Å². The summed E-state index contributed by atoms with van der Waals surface area (Å²) < 4.78 is 24.2. The van der Waals surface area contributed by atoms with Crippen molar-refractivity contribution in [2.75, 3.05) is 30.8 Å². The minimum absolute atomic E-state index is 0.000824. The molecule has 7 heteroatoms. The van der Waals surface area contributed by atoms with E-state index in [1.807, 2.05) is 0 Å². The molecular formula is C7H13BrN2O3S. The third-order valence-electron chi connectivity index (χ3n) is 2.22. The maximum atomic E-state index is 11.4. The average molecular weight is 285 g/mol. The number of hydrogen-bond donors (Lipinski definition) is 0. The highest BCUT2D eigenvalue weighted by Crippen LogP contribution is 2.09. The van der Waals surface area contributed by atoms with E-state index in [9.17, 15) is 13.2 Å². The van der Waals surface area contributed by atoms with Crippen LogP contribution in [-0.4, -0.2) is 54.4 Å². The van der Waals surface area contributed by atoms with Crippen LogP contribution in [0.1, 0.15) is 6.92 Å². The van der Waals surface area contributed by atoms with E-state index >= 15 is 0 Å². The highest BCUT2D eigenvalue weighted by atomic mass is 79.9. The summed E-state index contributed by atoms with van der Waals surface area (Å²) in [7, 11) is -3.16. The second-order valence-electron chi connectivity index (χ2n) is 3.13. The zero-order valence-electron chi connectivity index (χ0n) is 7.94. The quantitative estimate of drug-likeness (QED) is 0.662. The number of carbonyl (C=O) groups excluding carboxylic acids is 1. The molecule has 0 radical (unpaired) electrons. The number of amides is 1. The lowest BCUT2D eigenvalue weighted by Gasteiger charge is -2.32. The first-order chi connectivity index (χ1) is 6.47. The zero-order valence-corrected chi connectivity index (χ0v) is 10.3. The van der Waals surface area contributed by atoms with Gasteiger partial charge >= 0.3 is 0 Å². The lowest BCUT2D eigenvalue weighted by atomic mass is 10.3. The Morgan fingerprint density at radius 3 is 2.14 bits per heavy atom. The Morgan fingerprint density at radius 2 is 1.79 bits per heavy atom. The van der Waals surface area contributed by atoms with Crippen molar-refractivity contribution in [3.05, 3.63) is 0 Å². The van der Waals surface area contributed by atoms with Crippen molar-refractivity contribution < 1.29 is 13.2 Å². The van der Waals surface area contributed by atoms with Gasteiger partial charge in [0.15, 0.2) is 0 Å². The molecule has 14 heavy (non-hydrogen) atoms. The predicted molar refractivity (Wildman–Crippen MR) is 56.5 cm³/mol. The van der Waals surface area contributed by atoms with Crippen LogP contribution in [0.25, 0.3) is 0 Å². The van der Waals surface area contributed by atoms with Crippen LogP contribution >= 0.6 is 15.9 Å². The van der Waals surface area contributed by atoms with Crippen LogP contribution in [0.5, 0.6) is 0 Å². The summed E-state index contributed by atoms with van der Waals surface area (Å²) in [6, 6.07) is 0. The molecule has 82 valence electrons. The second-order valence-corrected chi connectivity index (χ2v) is 6.40. The molecule has 0 aliphatic carbocycles. The van der Waals surface area contributed by atoms with Crippen LogP contribution in [0.2, 0.25) is 0 Å². The van der Waals surface area contributed by atoms with Gasteiger partial charge < -0.3 is 4.90 Å². The standard InChI is InChI=1S/C7H13BrN2O3S/c1-7(11)9-2-4-10(5-3-9)14(12,13)6-8/h2-6H2,1H3. The molecule has 1 amide bonds. The van der Waals surface area contributed by atoms with Crippen molar-refractivity contribution in [1.82, 2.24) is 9.21 Å². The molecule has 0 N–H and O–H groups in total. The van der Waals surface area contributed by atoms with Gasteiger partial charge in [-0.25, -0.2) is 8.42 Å². The highest BCUT2D eigenvalue weighted by Gasteiger charge is 2.26. The number of carbonyl (C=O) groups is 1. The molecule has 5 nitrogen and oxygen atoms in total. The summed E-state index contributed by atoms with van der Waals surface area (Å²) in [5, 5.41) is 0. The summed E-state index contributed by atoms with van der Waals surface area (Å²) in [6.07, 6.45) is 0. The van der Waals surface area contributed by atoms with Gasteiger partial charge in [0.2, 0.25) is 15.9 Å². The highest BCUT2D eigenvalue weighted by molar-refractivity contribution is 9.10. The normalized spacial score (nSPS) is 19.7. The van der Waals surface area contributed by atoms with Gasteiger partial charge in [0.25, 0.3) is 0 Å². The van der Waals surface area contributed by atoms with Gasteiger partial charge in [0, 0.05) is 33.1 Å². The molecule has 1 aliphatic heterocycles. The van der Waals surface area contributed by atoms with Gasteiger partial charge in [-0.1, -0.05) is 15.9 Å². The van der Waals surface area contributed by atoms with Crippen LogP contribution in [0.15, 0.2) is 0 Å². The molecule has 0 bridgehead atoms. The smallest absolute Gasteiger partial charge is 0.224 e. The van der Waals surface area contributed by atoms with Crippen LogP contribution in [0.4, 0.5) is 0 Å². The first kappa shape index (κ1) is 11.9. The molecule has 1 heterocycles. The number of halogens is 1. The maximum absolute atomic E-state index is 11.4. The van der Waals surface area contributed by atoms with Crippen LogP contribution in [0, 0.1) is 0 Å². The topological polar surface area (TPSA) is 57.7 Å². The summed E-state index contributed by atoms with van der Waals surface area (Å²) >= 11 is 2.94. The molecule has 1 saturated heterocycles. The van der Waals surface area contributed by atoms with Gasteiger partial charge in [-0.3, -0.25) is 4.79 Å². The zero-order chi connectivity index (χ0) is 10.8. The van der Waals surface area contributed by atoms with Crippen LogP contribution in [-0.2, 0) is 14.8 Å². The number of alkyl halides is 1. The molecule has 1 rings (SSSR count). The Bertz CT molecular complexity index is 309. The van der Waals surface area contributed by atoms with Crippen LogP contribution in [0.3, 0.4) is 0 Å². The van der Waals surface area contributed by atoms with E-state index < -0.39 is 10.0 Å². The monoisotopic (exact) mass is 284 g/mol. The first-order valence-electron chi connectivity index (χ1n) is 4.26. The average Bonchev–Trinajstić information content (AvgIpc) is 2.18. The van der Waals surface area contributed by atoms with Crippen molar-refractivity contribution >= 4 is 31.9 Å². The van der Waals surface area contributed by atoms with E-state index in [-0.39, 0.29) is 10.6 Å². The molecule has 1 fully saturated rings. The molecule has 0 aromatic rings. The van der Waals surface area contributed by atoms with E-state index in [2.05, 4.69) is 15.9 Å². The molecule has 0 aromatic heterocycles. The Morgan fingerprint density at radius 1 is 1.29 bits per heavy atom. The largest absolute Gasteiger partial charge is 0.340 e. The number of nitrogens with zero attached hydrogens (tertiary/aromatic N) is 2. The van der Waals surface area contributed by atoms with Gasteiger partial charge in [0.1, 0.15) is 4.66 Å². The lowest BCUT2D eigenvalue weighted by Crippen LogP contribution is -2.50. The number of sulfonamides is 1. The third-order valence-corrected chi connectivity index (χ3v) is 5.38. The van der Waals surface area contributed by atoms with E-state index in [4.69, 9.17) is 0 Å². The minimum atomic E-state index is -3.16. The molecule has 0 saturated carbocycles. The van der Waals surface area contributed by atoms with Gasteiger partial charge in [-0.05, 0) is 0 Å². The Kier molecular flexibility index (Phi) is 3.91. The lowest BCUT2D eigenvalue weighted by molar-refractivity contribution is -0.129. The number of hydrogen-bond acceptors (Lipinski definition) is 3. The van der Waals surface area contributed by atoms with Crippen LogP contribution < -0.4 is 0 Å². The fraction of sp³-hybridized carbons (Fsp3) is 0.857. The predicted octanol–water partition coefficient (Wildman–Crippen LogP) is -0.167.